The first-order valence-corrected chi connectivity index (χ1v) is 8.94. The van der Waals surface area contributed by atoms with Gasteiger partial charge in [0.05, 0.1) is 0 Å². The molecular formula is C14H26OSi. The lowest BCUT2D eigenvalue weighted by atomic mass is 10.2. The summed E-state index contributed by atoms with van der Waals surface area (Å²) in [5, 5.41) is 0.219. The van der Waals surface area contributed by atoms with Crippen molar-refractivity contribution < 1.29 is 4.43 Å². The molecule has 0 amide bonds. The highest BCUT2D eigenvalue weighted by Gasteiger charge is 2.38. The van der Waals surface area contributed by atoms with Gasteiger partial charge in [-0.05, 0) is 24.6 Å². The third-order valence-corrected chi connectivity index (χ3v) is 7.67. The van der Waals surface area contributed by atoms with Crippen LogP contribution in [0.4, 0.5) is 0 Å². The second kappa shape index (κ2) is 6.27. The predicted molar refractivity (Wildman–Crippen MR) is 75.0 cm³/mol. The summed E-state index contributed by atoms with van der Waals surface area (Å²) in [7, 11) is -1.73. The van der Waals surface area contributed by atoms with Crippen LogP contribution in [0.5, 0.6) is 0 Å². The van der Waals surface area contributed by atoms with Gasteiger partial charge >= 0.3 is 0 Å². The van der Waals surface area contributed by atoms with Gasteiger partial charge in [-0.25, -0.2) is 0 Å². The summed E-state index contributed by atoms with van der Waals surface area (Å²) < 4.78 is 6.15. The van der Waals surface area contributed by atoms with Crippen molar-refractivity contribution in [1.29, 1.82) is 0 Å². The highest BCUT2D eigenvalue weighted by atomic mass is 28.4. The first-order valence-electron chi connectivity index (χ1n) is 6.03. The highest BCUT2D eigenvalue weighted by molar-refractivity contribution is 6.74. The van der Waals surface area contributed by atoms with Gasteiger partial charge in [0.25, 0.3) is 0 Å². The third kappa shape index (κ3) is 5.00. The molecule has 0 fully saturated rings. The second-order valence-electron chi connectivity index (χ2n) is 5.65. The Bertz CT molecular complexity index is 265. The van der Waals surface area contributed by atoms with Gasteiger partial charge in [-0.15, -0.1) is 6.42 Å². The molecule has 0 aromatic heterocycles. The van der Waals surface area contributed by atoms with Gasteiger partial charge in [-0.3, -0.25) is 0 Å². The molecule has 1 unspecified atom stereocenters. The Hall–Kier alpha value is -0.523. The minimum atomic E-state index is -1.73. The molecule has 0 aromatic rings. The summed E-state index contributed by atoms with van der Waals surface area (Å²) in [6.07, 6.45) is 11.6. The van der Waals surface area contributed by atoms with E-state index in [1.807, 2.05) is 0 Å². The Labute approximate surface area is 102 Å². The van der Waals surface area contributed by atoms with Gasteiger partial charge in [0, 0.05) is 6.42 Å². The zero-order valence-electron chi connectivity index (χ0n) is 11.6. The van der Waals surface area contributed by atoms with Crippen molar-refractivity contribution in [1.82, 2.24) is 0 Å². The van der Waals surface area contributed by atoms with Crippen molar-refractivity contribution in [3.05, 3.63) is 12.2 Å². The van der Waals surface area contributed by atoms with Crippen LogP contribution in [-0.2, 0) is 4.43 Å². The summed E-state index contributed by atoms with van der Waals surface area (Å²) in [4.78, 5) is 0. The summed E-state index contributed by atoms with van der Waals surface area (Å²) in [5.41, 5.74) is 0. The van der Waals surface area contributed by atoms with Crippen molar-refractivity contribution in [3.8, 4) is 12.3 Å². The number of allylic oxidation sites excluding steroid dienone is 1. The molecule has 0 aromatic carbocycles. The summed E-state index contributed by atoms with van der Waals surface area (Å²) in [6, 6.07) is 0. The number of rotatable bonds is 5. The fourth-order valence-corrected chi connectivity index (χ4v) is 2.30. The molecule has 0 aliphatic heterocycles. The van der Waals surface area contributed by atoms with E-state index in [9.17, 15) is 0 Å². The van der Waals surface area contributed by atoms with Crippen molar-refractivity contribution >= 4 is 8.32 Å². The quantitative estimate of drug-likeness (QED) is 0.393. The Kier molecular flexibility index (Phi) is 6.07. The molecule has 16 heavy (non-hydrogen) atoms. The summed E-state index contributed by atoms with van der Waals surface area (Å²) in [6.45, 7) is 13.3. The van der Waals surface area contributed by atoms with E-state index in [4.69, 9.17) is 10.8 Å². The van der Waals surface area contributed by atoms with E-state index in [1.54, 1.807) is 0 Å². The topological polar surface area (TPSA) is 9.23 Å². The molecule has 92 valence electrons. The van der Waals surface area contributed by atoms with Crippen LogP contribution in [0.3, 0.4) is 0 Å². The lowest BCUT2D eigenvalue weighted by molar-refractivity contribution is 0.236. The van der Waals surface area contributed by atoms with Gasteiger partial charge in [-0.2, -0.15) is 0 Å². The molecule has 0 heterocycles. The average Bonchev–Trinajstić information content (AvgIpc) is 2.14. The zero-order valence-corrected chi connectivity index (χ0v) is 12.6. The Balaban J connectivity index is 4.44. The molecule has 0 aliphatic carbocycles. The Morgan fingerprint density at radius 3 is 2.25 bits per heavy atom. The normalized spacial score (nSPS) is 15.1. The minimum Gasteiger partial charge on any atom is -0.403 e. The zero-order chi connectivity index (χ0) is 12.8. The van der Waals surface area contributed by atoms with Gasteiger partial charge in [0.1, 0.15) is 6.10 Å². The minimum absolute atomic E-state index is 0.0660. The van der Waals surface area contributed by atoms with Crippen LogP contribution in [0.1, 0.15) is 40.5 Å². The van der Waals surface area contributed by atoms with Crippen LogP contribution in [0, 0.1) is 12.3 Å². The maximum absolute atomic E-state index is 6.15. The van der Waals surface area contributed by atoms with Gasteiger partial charge in [-0.1, -0.05) is 45.8 Å². The van der Waals surface area contributed by atoms with Crippen LogP contribution < -0.4 is 0 Å². The maximum atomic E-state index is 6.15. The fourth-order valence-electron chi connectivity index (χ4n) is 1.07. The molecule has 0 spiro atoms. The van der Waals surface area contributed by atoms with E-state index in [0.29, 0.717) is 0 Å². The van der Waals surface area contributed by atoms with Gasteiger partial charge in [0.2, 0.25) is 0 Å². The molecule has 0 radical (unpaired) electrons. The van der Waals surface area contributed by atoms with E-state index in [2.05, 4.69) is 58.9 Å². The van der Waals surface area contributed by atoms with E-state index < -0.39 is 8.32 Å². The molecule has 2 heteroatoms. The average molecular weight is 238 g/mol. The van der Waals surface area contributed by atoms with E-state index in [1.165, 1.54) is 0 Å². The van der Waals surface area contributed by atoms with Crippen LogP contribution in [-0.4, -0.2) is 14.4 Å². The summed E-state index contributed by atoms with van der Waals surface area (Å²) >= 11 is 0. The maximum Gasteiger partial charge on any atom is 0.193 e. The van der Waals surface area contributed by atoms with Crippen molar-refractivity contribution in [2.45, 2.75) is 64.8 Å². The van der Waals surface area contributed by atoms with Crippen LogP contribution >= 0.6 is 0 Å². The largest absolute Gasteiger partial charge is 0.403 e. The van der Waals surface area contributed by atoms with Crippen LogP contribution in [0.15, 0.2) is 12.2 Å². The first kappa shape index (κ1) is 15.5. The number of hydrogen-bond donors (Lipinski definition) is 0. The molecule has 0 bridgehead atoms. The lowest BCUT2D eigenvalue weighted by Gasteiger charge is -2.37. The molecule has 1 atom stereocenters. The highest BCUT2D eigenvalue weighted by Crippen LogP contribution is 2.37. The number of terminal acetylenes is 1. The Morgan fingerprint density at radius 2 is 1.88 bits per heavy atom. The summed E-state index contributed by atoms with van der Waals surface area (Å²) in [5.74, 6) is 2.75. The second-order valence-corrected chi connectivity index (χ2v) is 10.4. The standard InChI is InChI=1S/C14H26OSi/c1-8-10-11-12-13(9-2)15-16(6,7)14(3,4)5/h2,10-11,13H,8,12H2,1,3-7H3/b11-10-. The van der Waals surface area contributed by atoms with Crippen molar-refractivity contribution in [3.63, 3.8) is 0 Å². The van der Waals surface area contributed by atoms with E-state index in [-0.39, 0.29) is 11.1 Å². The third-order valence-electron chi connectivity index (χ3n) is 3.18. The Morgan fingerprint density at radius 1 is 1.31 bits per heavy atom. The monoisotopic (exact) mass is 238 g/mol. The first-order chi connectivity index (χ1) is 7.24. The molecule has 0 saturated carbocycles. The van der Waals surface area contributed by atoms with Gasteiger partial charge in [0.15, 0.2) is 8.32 Å². The molecule has 0 rings (SSSR count). The van der Waals surface area contributed by atoms with Crippen LogP contribution in [0.25, 0.3) is 0 Å². The molecule has 0 aliphatic rings. The molecule has 1 nitrogen and oxygen atoms in total. The number of hydrogen-bond acceptors (Lipinski definition) is 1. The van der Waals surface area contributed by atoms with Crippen molar-refractivity contribution in [2.75, 3.05) is 0 Å². The molecule has 0 N–H and O–H groups in total. The van der Waals surface area contributed by atoms with E-state index >= 15 is 0 Å². The smallest absolute Gasteiger partial charge is 0.193 e. The SMILES string of the molecule is C#CC(C/C=C\CC)O[Si](C)(C)C(C)(C)C. The lowest BCUT2D eigenvalue weighted by Crippen LogP contribution is -2.43. The van der Waals surface area contributed by atoms with Gasteiger partial charge < -0.3 is 4.43 Å². The van der Waals surface area contributed by atoms with E-state index in [0.717, 1.165) is 12.8 Å². The van der Waals surface area contributed by atoms with Crippen LogP contribution in [0.2, 0.25) is 18.1 Å². The predicted octanol–water partition coefficient (Wildman–Crippen LogP) is 4.37. The fraction of sp³-hybridized carbons (Fsp3) is 0.714. The molecule has 0 saturated heterocycles. The molecular weight excluding hydrogens is 212 g/mol. The van der Waals surface area contributed by atoms with Crippen molar-refractivity contribution in [2.24, 2.45) is 0 Å².